The Kier molecular flexibility index (Phi) is 6.53. The van der Waals surface area contributed by atoms with E-state index in [-0.39, 0.29) is 18.2 Å². The monoisotopic (exact) mass is 446 g/mol. The van der Waals surface area contributed by atoms with Gasteiger partial charge >= 0.3 is 6.09 Å². The molecule has 0 radical (unpaired) electrons. The van der Waals surface area contributed by atoms with Crippen LogP contribution in [0.2, 0.25) is 5.02 Å². The van der Waals surface area contributed by atoms with Gasteiger partial charge in [0, 0.05) is 18.2 Å². The van der Waals surface area contributed by atoms with E-state index in [1.807, 2.05) is 49.9 Å². The maximum Gasteiger partial charge on any atom is 0.410 e. The molecule has 0 saturated carbocycles. The molecule has 2 atom stereocenters. The van der Waals surface area contributed by atoms with Crippen LogP contribution >= 0.6 is 11.6 Å². The predicted molar refractivity (Wildman–Crippen MR) is 119 cm³/mol. The van der Waals surface area contributed by atoms with Crippen LogP contribution in [-0.2, 0) is 11.3 Å². The first-order valence-corrected chi connectivity index (χ1v) is 11.5. The van der Waals surface area contributed by atoms with Crippen LogP contribution in [0.1, 0.15) is 58.8 Å². The van der Waals surface area contributed by atoms with Crippen molar-refractivity contribution in [2.45, 2.75) is 77.1 Å². The van der Waals surface area contributed by atoms with Gasteiger partial charge in [0.25, 0.3) is 0 Å². The second-order valence-corrected chi connectivity index (χ2v) is 9.82. The lowest BCUT2D eigenvalue weighted by Crippen LogP contribution is -2.53. The van der Waals surface area contributed by atoms with Gasteiger partial charge in [-0.2, -0.15) is 4.98 Å². The second kappa shape index (κ2) is 9.17. The number of piperidine rings is 1. The molecule has 0 bridgehead atoms. The fourth-order valence-electron chi connectivity index (χ4n) is 4.63. The Hall–Kier alpha value is -2.12. The van der Waals surface area contributed by atoms with Crippen molar-refractivity contribution in [1.82, 2.24) is 19.9 Å². The second-order valence-electron chi connectivity index (χ2n) is 9.41. The number of hydrogen-bond acceptors (Lipinski definition) is 6. The van der Waals surface area contributed by atoms with E-state index in [0.29, 0.717) is 23.3 Å². The number of carbonyl (C=O) groups is 1. The maximum absolute atomic E-state index is 12.8. The summed E-state index contributed by atoms with van der Waals surface area (Å²) in [5.41, 5.74) is 0.274. The van der Waals surface area contributed by atoms with E-state index in [9.17, 15) is 4.79 Å². The number of hydrogen-bond donors (Lipinski definition) is 0. The molecule has 0 aliphatic carbocycles. The molecule has 0 spiro atoms. The van der Waals surface area contributed by atoms with E-state index < -0.39 is 5.60 Å². The third-order valence-corrected chi connectivity index (χ3v) is 6.29. The predicted octanol–water partition coefficient (Wildman–Crippen LogP) is 5.14. The molecule has 2 aliphatic rings. The molecule has 3 heterocycles. The highest BCUT2D eigenvalue weighted by Crippen LogP contribution is 2.32. The van der Waals surface area contributed by atoms with Crippen molar-refractivity contribution in [2.75, 3.05) is 13.1 Å². The minimum Gasteiger partial charge on any atom is -0.444 e. The van der Waals surface area contributed by atoms with Crippen LogP contribution in [0.5, 0.6) is 0 Å². The van der Waals surface area contributed by atoms with E-state index >= 15 is 0 Å². The summed E-state index contributed by atoms with van der Waals surface area (Å²) in [6.45, 7) is 8.01. The number of carbonyl (C=O) groups excluding carboxylic acids is 1. The van der Waals surface area contributed by atoms with Crippen LogP contribution in [0, 0.1) is 0 Å². The molecule has 8 heteroatoms. The summed E-state index contributed by atoms with van der Waals surface area (Å²) in [6.07, 6.45) is 5.13. The minimum absolute atomic E-state index is 0.154. The molecule has 0 unspecified atom stereocenters. The van der Waals surface area contributed by atoms with Crippen LogP contribution < -0.4 is 0 Å². The Morgan fingerprint density at radius 1 is 1.16 bits per heavy atom. The van der Waals surface area contributed by atoms with Crippen molar-refractivity contribution in [2.24, 2.45) is 0 Å². The molecule has 2 saturated heterocycles. The normalized spacial score (nSPS) is 22.6. The van der Waals surface area contributed by atoms with Crippen molar-refractivity contribution in [3.8, 4) is 11.4 Å². The number of ether oxygens (including phenoxy) is 1. The van der Waals surface area contributed by atoms with Gasteiger partial charge in [-0.05, 0) is 65.1 Å². The van der Waals surface area contributed by atoms with Gasteiger partial charge in [-0.1, -0.05) is 35.3 Å². The summed E-state index contributed by atoms with van der Waals surface area (Å²) < 4.78 is 11.2. The quantitative estimate of drug-likeness (QED) is 0.647. The van der Waals surface area contributed by atoms with Crippen molar-refractivity contribution >= 4 is 17.7 Å². The zero-order chi connectivity index (χ0) is 22.0. The molecule has 1 amide bonds. The van der Waals surface area contributed by atoms with E-state index in [1.54, 1.807) is 0 Å². The number of nitrogens with zero attached hydrogens (tertiary/aromatic N) is 4. The van der Waals surface area contributed by atoms with Gasteiger partial charge in [-0.15, -0.1) is 0 Å². The third-order valence-electron chi connectivity index (χ3n) is 5.96. The first-order valence-electron chi connectivity index (χ1n) is 11.1. The topological polar surface area (TPSA) is 71.7 Å². The molecular formula is C23H31ClN4O3. The average Bonchev–Trinajstić information content (AvgIpc) is 3.37. The molecule has 2 fully saturated rings. The van der Waals surface area contributed by atoms with Crippen molar-refractivity contribution in [1.29, 1.82) is 0 Å². The largest absolute Gasteiger partial charge is 0.444 e. The first-order chi connectivity index (χ1) is 14.8. The Labute approximate surface area is 188 Å². The van der Waals surface area contributed by atoms with Crippen molar-refractivity contribution in [3.63, 3.8) is 0 Å². The summed E-state index contributed by atoms with van der Waals surface area (Å²) in [5, 5.41) is 4.74. The molecule has 31 heavy (non-hydrogen) atoms. The molecule has 7 nitrogen and oxygen atoms in total. The lowest BCUT2D eigenvalue weighted by atomic mass is 9.94. The Balaban J connectivity index is 1.48. The highest BCUT2D eigenvalue weighted by Gasteiger charge is 2.40. The van der Waals surface area contributed by atoms with Gasteiger partial charge in [-0.3, -0.25) is 4.90 Å². The van der Waals surface area contributed by atoms with E-state index in [4.69, 9.17) is 20.9 Å². The van der Waals surface area contributed by atoms with Crippen LogP contribution in [0.15, 0.2) is 28.8 Å². The van der Waals surface area contributed by atoms with Crippen LogP contribution in [0.3, 0.4) is 0 Å². The van der Waals surface area contributed by atoms with Crippen molar-refractivity contribution in [3.05, 3.63) is 35.2 Å². The van der Waals surface area contributed by atoms with E-state index in [2.05, 4.69) is 15.0 Å². The van der Waals surface area contributed by atoms with Gasteiger partial charge in [0.2, 0.25) is 11.7 Å². The Morgan fingerprint density at radius 2 is 1.94 bits per heavy atom. The third kappa shape index (κ3) is 5.21. The zero-order valence-electron chi connectivity index (χ0n) is 18.5. The smallest absolute Gasteiger partial charge is 0.410 e. The highest BCUT2D eigenvalue weighted by atomic mass is 35.5. The van der Waals surface area contributed by atoms with Crippen molar-refractivity contribution < 1.29 is 14.1 Å². The van der Waals surface area contributed by atoms with Crippen LogP contribution in [-0.4, -0.2) is 56.8 Å². The van der Waals surface area contributed by atoms with Gasteiger partial charge in [0.15, 0.2) is 0 Å². The molecule has 1 aromatic heterocycles. The standard InChI is InChI=1S/C23H31ClN4O3/c1-23(2,3)30-22(29)28-14-8-12-19(28)18-11-6-7-13-27(18)15-20-25-21(26-31-20)16-9-4-5-10-17(16)24/h4-5,9-10,18-19H,6-8,11-15H2,1-3H3/t18-,19-/m0/s1. The maximum atomic E-state index is 12.8. The molecule has 1 aromatic carbocycles. The summed E-state index contributed by atoms with van der Waals surface area (Å²) in [5.74, 6) is 1.08. The molecule has 168 valence electrons. The first kappa shape index (κ1) is 22.1. The number of likely N-dealkylation sites (tertiary alicyclic amines) is 2. The number of rotatable bonds is 4. The van der Waals surface area contributed by atoms with Crippen LogP contribution in [0.25, 0.3) is 11.4 Å². The Morgan fingerprint density at radius 3 is 2.71 bits per heavy atom. The molecule has 2 aromatic rings. The number of amides is 1. The number of aromatic nitrogens is 2. The van der Waals surface area contributed by atoms with Gasteiger partial charge < -0.3 is 14.2 Å². The Bertz CT molecular complexity index is 910. The molecule has 2 aliphatic heterocycles. The number of benzene rings is 1. The summed E-state index contributed by atoms with van der Waals surface area (Å²) >= 11 is 6.28. The van der Waals surface area contributed by atoms with Gasteiger partial charge in [0.1, 0.15) is 5.60 Å². The highest BCUT2D eigenvalue weighted by molar-refractivity contribution is 6.33. The minimum atomic E-state index is -0.491. The fourth-order valence-corrected chi connectivity index (χ4v) is 4.85. The molecular weight excluding hydrogens is 416 g/mol. The average molecular weight is 447 g/mol. The summed E-state index contributed by atoms with van der Waals surface area (Å²) in [7, 11) is 0. The van der Waals surface area contributed by atoms with E-state index in [1.165, 1.54) is 0 Å². The molecule has 4 rings (SSSR count). The van der Waals surface area contributed by atoms with Crippen LogP contribution in [0.4, 0.5) is 4.79 Å². The lowest BCUT2D eigenvalue weighted by molar-refractivity contribution is 0.00514. The fraction of sp³-hybridized carbons (Fsp3) is 0.609. The summed E-state index contributed by atoms with van der Waals surface area (Å²) in [4.78, 5) is 21.7. The number of halogens is 1. The van der Waals surface area contributed by atoms with Gasteiger partial charge in [-0.25, -0.2) is 4.79 Å². The van der Waals surface area contributed by atoms with E-state index in [0.717, 1.165) is 50.8 Å². The molecule has 0 N–H and O–H groups in total. The van der Waals surface area contributed by atoms with Gasteiger partial charge in [0.05, 0.1) is 17.6 Å². The zero-order valence-corrected chi connectivity index (χ0v) is 19.3. The lowest BCUT2D eigenvalue weighted by Gasteiger charge is -2.41. The SMILES string of the molecule is CC(C)(C)OC(=O)N1CCC[C@H]1[C@@H]1CCCCN1Cc1nc(-c2ccccc2Cl)no1. The summed E-state index contributed by atoms with van der Waals surface area (Å²) in [6, 6.07) is 7.91.